The number of pyridine rings is 2. The average Bonchev–Trinajstić information content (AvgIpc) is 3.94. The molecule has 25 heteroatoms. The van der Waals surface area contributed by atoms with Crippen LogP contribution in [0.25, 0.3) is 22.3 Å². The van der Waals surface area contributed by atoms with E-state index in [9.17, 15) is 58.2 Å². The van der Waals surface area contributed by atoms with Gasteiger partial charge in [0.2, 0.25) is 35.1 Å². The van der Waals surface area contributed by atoms with Gasteiger partial charge in [0.1, 0.15) is 43.4 Å². The number of hydrogen-bond acceptors (Lipinski definition) is 17. The van der Waals surface area contributed by atoms with Gasteiger partial charge in [0.15, 0.2) is 0 Å². The van der Waals surface area contributed by atoms with Gasteiger partial charge in [-0.15, -0.1) is 0 Å². The lowest BCUT2D eigenvalue weighted by Gasteiger charge is -2.35. The van der Waals surface area contributed by atoms with Crippen molar-refractivity contribution < 1.29 is 67.6 Å². The van der Waals surface area contributed by atoms with E-state index in [1.54, 1.807) is 74.5 Å². The Hall–Kier alpha value is -8.29. The van der Waals surface area contributed by atoms with Gasteiger partial charge in [0, 0.05) is 53.3 Å². The van der Waals surface area contributed by atoms with Gasteiger partial charge in [-0.3, -0.25) is 33.6 Å². The Labute approximate surface area is 472 Å². The van der Waals surface area contributed by atoms with Gasteiger partial charge in [0.05, 0.1) is 35.4 Å². The van der Waals surface area contributed by atoms with Gasteiger partial charge < -0.3 is 61.3 Å². The number of nitrogens with zero attached hydrogens (tertiary/aromatic N) is 2. The Morgan fingerprint density at radius 1 is 0.765 bits per heavy atom. The number of benzene rings is 3. The summed E-state index contributed by atoms with van der Waals surface area (Å²) in [6.07, 6.45) is -1.70. The van der Waals surface area contributed by atoms with Crippen molar-refractivity contribution in [2.24, 2.45) is 11.7 Å². The van der Waals surface area contributed by atoms with Crippen molar-refractivity contribution in [3.8, 4) is 11.4 Å². The van der Waals surface area contributed by atoms with E-state index in [2.05, 4.69) is 26.6 Å². The third-order valence-electron chi connectivity index (χ3n) is 13.7. The fourth-order valence-corrected chi connectivity index (χ4v) is 11.0. The molecule has 5 aromatic rings. The number of carboxylic acids is 2. The van der Waals surface area contributed by atoms with Crippen LogP contribution in [0.1, 0.15) is 67.9 Å². The summed E-state index contributed by atoms with van der Waals surface area (Å²) in [4.78, 5) is 137. The fraction of sp³-hybridized carbons (Fsp3) is 0.375. The first-order chi connectivity index (χ1) is 38.8. The molecule has 0 spiro atoms. The molecule has 428 valence electrons. The second kappa shape index (κ2) is 27.7. The normalized spacial score (nSPS) is 16.3. The standard InChI is InChI=1S/C56H62N8O15S2/c1-4-31(3)47(67)60-41(23-33-16-10-7-11-17-33)50(70)62-40(22-32-14-8-6-9-15-32)49(69)58-27-38(57)48(68)61-42(26-45(65)66)51(71)63-43(53(73)74)30-81-80-21-20-77-55(76)79-56(5-2)37-25-44-46-35(24-34-18-12-13-19-39(34)59-46)28-64(44)52(72)36(37)29-78-54(56)75/h6-19,24-25,31,38,40-43H,4-5,20-23,26-30,57H2,1-3H3,(H,58,69)(H,60,67)(H,61,68)(H,62,70)(H,63,71)(H,65,66)(H,73,74)/t31?,38-,40-,41-,42-,43-,56-/m0/s1. The molecule has 3 aromatic carbocycles. The van der Waals surface area contributed by atoms with Crippen LogP contribution in [0.3, 0.4) is 0 Å². The second-order valence-corrected chi connectivity index (χ2v) is 21.9. The Balaban J connectivity index is 0.903. The summed E-state index contributed by atoms with van der Waals surface area (Å²) in [5.41, 5.74) is 7.90. The second-order valence-electron chi connectivity index (χ2n) is 19.3. The largest absolute Gasteiger partial charge is 0.509 e. The molecule has 0 saturated heterocycles. The van der Waals surface area contributed by atoms with E-state index in [1.165, 1.54) is 4.57 Å². The van der Waals surface area contributed by atoms with Gasteiger partial charge in [0.25, 0.3) is 5.56 Å². The number of carbonyl (C=O) groups is 9. The van der Waals surface area contributed by atoms with Crippen molar-refractivity contribution in [1.82, 2.24) is 36.1 Å². The number of fused-ring (bicyclic) bond motifs is 5. The predicted molar refractivity (Wildman–Crippen MR) is 298 cm³/mol. The molecule has 2 aliphatic heterocycles. The number of carboxylic acid groups (broad SMARTS) is 2. The summed E-state index contributed by atoms with van der Waals surface area (Å²) in [6, 6.07) is 21.5. The maximum absolute atomic E-state index is 13.9. The molecule has 2 aliphatic rings. The summed E-state index contributed by atoms with van der Waals surface area (Å²) in [7, 11) is 1.99. The third kappa shape index (κ3) is 15.1. The highest BCUT2D eigenvalue weighted by Crippen LogP contribution is 2.41. The van der Waals surface area contributed by atoms with Crippen LogP contribution < -0.4 is 37.9 Å². The van der Waals surface area contributed by atoms with Crippen LogP contribution >= 0.6 is 21.6 Å². The molecule has 4 heterocycles. The number of para-hydroxylation sites is 1. The van der Waals surface area contributed by atoms with E-state index in [0.29, 0.717) is 28.9 Å². The van der Waals surface area contributed by atoms with Crippen LogP contribution in [-0.2, 0) is 84.2 Å². The van der Waals surface area contributed by atoms with Crippen molar-refractivity contribution in [3.05, 3.63) is 135 Å². The molecule has 9 N–H and O–H groups in total. The van der Waals surface area contributed by atoms with Crippen LogP contribution in [0.2, 0.25) is 0 Å². The van der Waals surface area contributed by atoms with Gasteiger partial charge >= 0.3 is 24.1 Å². The Morgan fingerprint density at radius 3 is 2.01 bits per heavy atom. The fourth-order valence-electron chi connectivity index (χ4n) is 9.01. The molecule has 0 saturated carbocycles. The number of hydrogen-bond donors (Lipinski definition) is 8. The van der Waals surface area contributed by atoms with E-state index in [0.717, 1.165) is 38.1 Å². The minimum atomic E-state index is -2.03. The Kier molecular flexibility index (Phi) is 20.7. The number of carbonyl (C=O) groups excluding carboxylic acids is 7. The van der Waals surface area contributed by atoms with Crippen LogP contribution in [0, 0.1) is 5.92 Å². The molecule has 0 bridgehead atoms. The van der Waals surface area contributed by atoms with Crippen molar-refractivity contribution in [3.63, 3.8) is 0 Å². The van der Waals surface area contributed by atoms with Crippen LogP contribution in [0.15, 0.2) is 102 Å². The monoisotopic (exact) mass is 1150 g/mol. The number of cyclic esters (lactones) is 1. The first-order valence-electron chi connectivity index (χ1n) is 26.0. The van der Waals surface area contributed by atoms with Gasteiger partial charge in [-0.05, 0) is 42.2 Å². The minimum Gasteiger partial charge on any atom is -0.481 e. The van der Waals surface area contributed by atoms with Crippen LogP contribution in [0.4, 0.5) is 4.79 Å². The summed E-state index contributed by atoms with van der Waals surface area (Å²) in [6.45, 7) is 4.22. The predicted octanol–water partition coefficient (Wildman–Crippen LogP) is 3.10. The maximum atomic E-state index is 13.9. The molecular weight excluding hydrogens is 1090 g/mol. The number of aromatic nitrogens is 2. The quantitative estimate of drug-likeness (QED) is 0.0209. The summed E-state index contributed by atoms with van der Waals surface area (Å²) >= 11 is 0. The molecule has 0 radical (unpaired) electrons. The lowest BCUT2D eigenvalue weighted by atomic mass is 9.85. The lowest BCUT2D eigenvalue weighted by molar-refractivity contribution is -0.175. The van der Waals surface area contributed by atoms with Crippen molar-refractivity contribution >= 4 is 86.1 Å². The zero-order chi connectivity index (χ0) is 58.4. The molecule has 5 amide bonds. The number of aliphatic carboxylic acids is 2. The number of nitrogens with one attached hydrogen (secondary N) is 5. The number of ether oxygens (including phenoxy) is 3. The minimum absolute atomic E-state index is 0.00314. The van der Waals surface area contributed by atoms with E-state index >= 15 is 0 Å². The van der Waals surface area contributed by atoms with Gasteiger partial charge in [-0.1, -0.05) is 121 Å². The molecule has 0 fully saturated rings. The first kappa shape index (κ1) is 60.4. The summed E-state index contributed by atoms with van der Waals surface area (Å²) in [5, 5.41) is 33.0. The SMILES string of the molecule is CCC(C)C(=O)N[C@@H](Cc1ccccc1)C(=O)N[C@@H](Cc1ccccc1)C(=O)NC[C@H](N)C(=O)N[C@@H](CC(=O)O)C(=O)N[C@@H](CSSCCOC(=O)O[C@]1(CC)C(=O)OCc2c1cc1n(c2=O)Cc2cc3ccccc3nc2-1)C(=O)O. The van der Waals surface area contributed by atoms with E-state index in [1.807, 2.05) is 43.3 Å². The molecule has 7 atom stereocenters. The van der Waals surface area contributed by atoms with Crippen LogP contribution in [-0.4, -0.2) is 128 Å². The van der Waals surface area contributed by atoms with Crippen molar-refractivity contribution in [2.45, 2.75) is 102 Å². The average molecular weight is 1150 g/mol. The number of esters is 1. The molecule has 81 heavy (non-hydrogen) atoms. The maximum Gasteiger partial charge on any atom is 0.509 e. The van der Waals surface area contributed by atoms with Crippen molar-refractivity contribution in [1.29, 1.82) is 0 Å². The summed E-state index contributed by atoms with van der Waals surface area (Å²) in [5.74, 6) is -8.55. The Bertz CT molecular complexity index is 3240. The smallest absolute Gasteiger partial charge is 0.481 e. The topological polar surface area (TPSA) is 343 Å². The highest BCUT2D eigenvalue weighted by atomic mass is 33.1. The lowest BCUT2D eigenvalue weighted by Crippen LogP contribution is -2.58. The van der Waals surface area contributed by atoms with Crippen molar-refractivity contribution in [2.75, 3.05) is 24.7 Å². The van der Waals surface area contributed by atoms with E-state index in [4.69, 9.17) is 24.9 Å². The number of nitrogens with two attached hydrogens (primary N) is 1. The number of amides is 5. The molecule has 2 aromatic heterocycles. The molecular formula is C56H62N8O15S2. The van der Waals surface area contributed by atoms with E-state index < -0.39 is 108 Å². The van der Waals surface area contributed by atoms with E-state index in [-0.39, 0.29) is 67.6 Å². The molecule has 23 nitrogen and oxygen atoms in total. The number of rotatable bonds is 27. The van der Waals surface area contributed by atoms with Crippen LogP contribution in [0.5, 0.6) is 0 Å². The molecule has 0 aliphatic carbocycles. The zero-order valence-electron chi connectivity index (χ0n) is 44.5. The molecule has 7 rings (SSSR count). The zero-order valence-corrected chi connectivity index (χ0v) is 46.1. The van der Waals surface area contributed by atoms with Gasteiger partial charge in [-0.2, -0.15) is 0 Å². The molecule has 1 unspecified atom stereocenters. The first-order valence-corrected chi connectivity index (χ1v) is 28.5. The highest BCUT2D eigenvalue weighted by Gasteiger charge is 2.51. The third-order valence-corrected chi connectivity index (χ3v) is 16.1. The van der Waals surface area contributed by atoms with Gasteiger partial charge in [-0.25, -0.2) is 19.4 Å². The summed E-state index contributed by atoms with van der Waals surface area (Å²) < 4.78 is 17.9. The Morgan fingerprint density at radius 2 is 1.37 bits per heavy atom. The highest BCUT2D eigenvalue weighted by molar-refractivity contribution is 8.76.